The van der Waals surface area contributed by atoms with Crippen LogP contribution in [0.2, 0.25) is 0 Å². The Morgan fingerprint density at radius 3 is 2.29 bits per heavy atom. The molecule has 0 aliphatic carbocycles. The third-order valence-electron chi connectivity index (χ3n) is 1.12. The third-order valence-corrected chi connectivity index (χ3v) is 1.12. The number of nitrogens with two attached hydrogens (primary N) is 2. The number of benzene rings is 1. The van der Waals surface area contributed by atoms with Crippen LogP contribution in [0, 0.1) is 19.9 Å². The van der Waals surface area contributed by atoms with Gasteiger partial charge in [-0.1, -0.05) is 12.6 Å². The number of hydrogen-bond donors (Lipinski definition) is 3. The quantitative estimate of drug-likeness (QED) is 0.160. The number of rotatable bonds is 0. The van der Waals surface area contributed by atoms with Gasteiger partial charge in [0.1, 0.15) is 0 Å². The standard InChI is InChI=1S/C7H8N.C2H5N2O.W/c1-6-2-4-7(8)5-3-6;1-2(3)4-5;/h2-4H,8H2,1H3;5H,1H2,(H2,3,4);/q2*-1;+2. The molecule has 0 bridgehead atoms. The summed E-state index contributed by atoms with van der Waals surface area (Å²) in [5.41, 5.74) is 11.9. The van der Waals surface area contributed by atoms with Crippen molar-refractivity contribution in [2.75, 3.05) is 5.73 Å². The van der Waals surface area contributed by atoms with Gasteiger partial charge in [-0.15, -0.1) is 11.2 Å². The number of oxime groups is 1. The summed E-state index contributed by atoms with van der Waals surface area (Å²) in [6, 6.07) is 8.55. The van der Waals surface area contributed by atoms with Gasteiger partial charge < -0.3 is 23.6 Å². The van der Waals surface area contributed by atoms with E-state index in [2.05, 4.69) is 23.9 Å². The van der Waals surface area contributed by atoms with Gasteiger partial charge in [0, 0.05) is 0 Å². The molecular formula is C9H13N3OW. The van der Waals surface area contributed by atoms with E-state index in [9.17, 15) is 0 Å². The minimum atomic E-state index is -0.0648. The molecule has 0 heterocycles. The molecule has 0 fully saturated rings. The van der Waals surface area contributed by atoms with E-state index in [1.54, 1.807) is 0 Å². The Kier molecular flexibility index (Phi) is 9.25. The average molecular weight is 363 g/mol. The number of anilines is 1. The van der Waals surface area contributed by atoms with Gasteiger partial charge in [0.2, 0.25) is 0 Å². The van der Waals surface area contributed by atoms with Gasteiger partial charge >= 0.3 is 21.1 Å². The molecule has 0 saturated carbocycles. The maximum absolute atomic E-state index is 7.54. The third kappa shape index (κ3) is 8.94. The van der Waals surface area contributed by atoms with Gasteiger partial charge in [0.15, 0.2) is 0 Å². The number of nitrogens with zero attached hydrogens (tertiary/aromatic N) is 1. The predicted molar refractivity (Wildman–Crippen MR) is 53.2 cm³/mol. The van der Waals surface area contributed by atoms with Crippen LogP contribution in [0.3, 0.4) is 0 Å². The molecule has 0 aromatic heterocycles. The number of hydrogen-bond acceptors (Lipinski definition) is 3. The fourth-order valence-electron chi connectivity index (χ4n) is 0.515. The largest absolute Gasteiger partial charge is 2.00 e. The second kappa shape index (κ2) is 8.45. The van der Waals surface area contributed by atoms with Crippen LogP contribution in [-0.4, -0.2) is 11.0 Å². The number of amidine groups is 1. The van der Waals surface area contributed by atoms with Gasteiger partial charge in [-0.25, -0.2) is 0 Å². The molecule has 0 aliphatic heterocycles. The molecule has 0 aliphatic rings. The van der Waals surface area contributed by atoms with E-state index in [4.69, 9.17) is 10.9 Å². The van der Waals surface area contributed by atoms with Crippen molar-refractivity contribution >= 4 is 11.5 Å². The van der Waals surface area contributed by atoms with Crippen LogP contribution < -0.4 is 11.5 Å². The van der Waals surface area contributed by atoms with E-state index in [-0.39, 0.29) is 26.9 Å². The van der Waals surface area contributed by atoms with Gasteiger partial charge in [-0.3, -0.25) is 0 Å². The molecule has 0 atom stereocenters. The summed E-state index contributed by atoms with van der Waals surface area (Å²) in [7, 11) is 0. The van der Waals surface area contributed by atoms with Crippen LogP contribution >= 0.6 is 0 Å². The summed E-state index contributed by atoms with van der Waals surface area (Å²) >= 11 is 0. The molecule has 0 amide bonds. The van der Waals surface area contributed by atoms with E-state index in [1.807, 2.05) is 25.1 Å². The molecule has 0 unspecified atom stereocenters. The molecule has 4 nitrogen and oxygen atoms in total. The average Bonchev–Trinajstić information content (AvgIpc) is 2.11. The Morgan fingerprint density at radius 1 is 1.57 bits per heavy atom. The normalized spacial score (nSPS) is 9.36. The minimum Gasteiger partial charge on any atom is -0.420 e. The molecule has 1 rings (SSSR count). The van der Waals surface area contributed by atoms with Gasteiger partial charge in [-0.2, -0.15) is 23.8 Å². The molecule has 76 valence electrons. The molecule has 0 radical (unpaired) electrons. The monoisotopic (exact) mass is 363 g/mol. The van der Waals surface area contributed by atoms with Crippen LogP contribution in [0.4, 0.5) is 5.69 Å². The minimum absolute atomic E-state index is 0. The maximum atomic E-state index is 7.54. The first-order chi connectivity index (χ1) is 6.06. The number of aryl methyl sites for hydroxylation is 1. The molecule has 0 spiro atoms. The van der Waals surface area contributed by atoms with Crippen LogP contribution in [0.5, 0.6) is 0 Å². The summed E-state index contributed by atoms with van der Waals surface area (Å²) in [4.78, 5) is 0. The molecule has 5 heteroatoms. The Balaban J connectivity index is 0. The second-order valence-corrected chi connectivity index (χ2v) is 2.41. The molecular weight excluding hydrogens is 350 g/mol. The summed E-state index contributed by atoms with van der Waals surface area (Å²) in [6.07, 6.45) is 0. The molecule has 1 aromatic carbocycles. The van der Waals surface area contributed by atoms with Gasteiger partial charge in [-0.05, 0) is 5.84 Å². The van der Waals surface area contributed by atoms with Crippen molar-refractivity contribution in [1.29, 1.82) is 0 Å². The van der Waals surface area contributed by atoms with Crippen LogP contribution in [0.15, 0.2) is 23.4 Å². The van der Waals surface area contributed by atoms with Crippen LogP contribution in [0.25, 0.3) is 0 Å². The van der Waals surface area contributed by atoms with E-state index in [0.717, 1.165) is 0 Å². The second-order valence-electron chi connectivity index (χ2n) is 2.41. The van der Waals surface area contributed by atoms with E-state index in [1.165, 1.54) is 5.56 Å². The Hall–Kier alpha value is -1.15. The molecule has 0 saturated heterocycles. The molecule has 5 N–H and O–H groups in total. The van der Waals surface area contributed by atoms with Crippen molar-refractivity contribution in [1.82, 2.24) is 0 Å². The fourth-order valence-corrected chi connectivity index (χ4v) is 0.515. The summed E-state index contributed by atoms with van der Waals surface area (Å²) in [5, 5.41) is 10.0. The zero-order valence-corrected chi connectivity index (χ0v) is 10.8. The smallest absolute Gasteiger partial charge is 0.420 e. The zero-order chi connectivity index (χ0) is 10.3. The zero-order valence-electron chi connectivity index (χ0n) is 7.90. The Morgan fingerprint density at radius 2 is 2.07 bits per heavy atom. The van der Waals surface area contributed by atoms with Crippen LogP contribution in [0.1, 0.15) is 5.56 Å². The first kappa shape index (κ1) is 15.3. The predicted octanol–water partition coefficient (Wildman–Crippen LogP) is 0.942. The van der Waals surface area contributed by atoms with Crippen molar-refractivity contribution in [3.63, 3.8) is 0 Å². The van der Waals surface area contributed by atoms with Crippen molar-refractivity contribution in [3.05, 3.63) is 36.8 Å². The van der Waals surface area contributed by atoms with E-state index in [0.29, 0.717) is 5.69 Å². The number of nitrogen functional groups attached to an aromatic ring is 1. The first-order valence-electron chi connectivity index (χ1n) is 3.59. The van der Waals surface area contributed by atoms with Crippen molar-refractivity contribution < 1.29 is 26.3 Å². The first-order valence-corrected chi connectivity index (χ1v) is 3.59. The van der Waals surface area contributed by atoms with Gasteiger partial charge in [0.25, 0.3) is 0 Å². The van der Waals surface area contributed by atoms with Crippen molar-refractivity contribution in [2.24, 2.45) is 10.9 Å². The maximum Gasteiger partial charge on any atom is 2.00 e. The van der Waals surface area contributed by atoms with E-state index >= 15 is 0 Å². The molecule has 1 aromatic rings. The Bertz CT molecular complexity index is 247. The van der Waals surface area contributed by atoms with Crippen molar-refractivity contribution in [2.45, 2.75) is 6.92 Å². The summed E-state index contributed by atoms with van der Waals surface area (Å²) < 4.78 is 0. The van der Waals surface area contributed by atoms with Crippen LogP contribution in [-0.2, 0) is 21.1 Å². The van der Waals surface area contributed by atoms with E-state index < -0.39 is 0 Å². The van der Waals surface area contributed by atoms with Crippen molar-refractivity contribution in [3.8, 4) is 0 Å². The SMILES string of the molecule is Cc1c[c-]c(N)cc1.[CH2-]/C(N)=N/O.[W+2]. The summed E-state index contributed by atoms with van der Waals surface area (Å²) in [5.74, 6) is -0.0648. The topological polar surface area (TPSA) is 84.6 Å². The molecule has 14 heavy (non-hydrogen) atoms. The fraction of sp³-hybridized carbons (Fsp3) is 0.111. The summed E-state index contributed by atoms with van der Waals surface area (Å²) in [6.45, 7) is 5.04. The van der Waals surface area contributed by atoms with Gasteiger partial charge in [0.05, 0.1) is 0 Å². The Labute approximate surface area is 98.2 Å².